The molecule has 3 aromatic carbocycles. The Bertz CT molecular complexity index is 1540. The van der Waals surface area contributed by atoms with Crippen LogP contribution in [0.15, 0.2) is 78.9 Å². The maximum Gasteiger partial charge on any atom is 0.408 e. The Morgan fingerprint density at radius 1 is 0.729 bits per heavy atom. The highest BCUT2D eigenvalue weighted by Crippen LogP contribution is 2.22. The number of aryl methyl sites for hydroxylation is 1. The number of carbonyl (C=O) groups is 5. The number of carbonyl (C=O) groups excluding carboxylic acids is 3. The van der Waals surface area contributed by atoms with Gasteiger partial charge in [0.15, 0.2) is 6.61 Å². The third-order valence-corrected chi connectivity index (χ3v) is 7.02. The second-order valence-electron chi connectivity index (χ2n) is 12.2. The molecule has 0 spiro atoms. The summed E-state index contributed by atoms with van der Waals surface area (Å²) in [4.78, 5) is 62.9. The summed E-state index contributed by atoms with van der Waals surface area (Å²) in [6.07, 6.45) is 1.53. The van der Waals surface area contributed by atoms with Crippen LogP contribution >= 0.6 is 0 Å². The molecule has 0 saturated carbocycles. The molecule has 0 saturated heterocycles. The molecule has 2 atom stereocenters. The van der Waals surface area contributed by atoms with Crippen molar-refractivity contribution in [3.8, 4) is 5.75 Å². The average molecular weight is 662 g/mol. The van der Waals surface area contributed by atoms with E-state index >= 15 is 0 Å². The molecule has 0 radical (unpaired) electrons. The van der Waals surface area contributed by atoms with E-state index in [1.165, 1.54) is 23.8 Å². The molecule has 0 aliphatic carbocycles. The van der Waals surface area contributed by atoms with Crippen molar-refractivity contribution in [2.24, 2.45) is 0 Å². The Hall–Kier alpha value is -5.39. The van der Waals surface area contributed by atoms with Crippen molar-refractivity contribution in [3.05, 3.63) is 101 Å². The van der Waals surface area contributed by atoms with Gasteiger partial charge in [0, 0.05) is 19.4 Å². The highest BCUT2D eigenvalue weighted by atomic mass is 16.6. The first-order valence-corrected chi connectivity index (χ1v) is 15.7. The van der Waals surface area contributed by atoms with E-state index in [9.17, 15) is 29.1 Å². The molecular weight excluding hydrogens is 618 g/mol. The smallest absolute Gasteiger partial charge is 0.408 e. The Morgan fingerprint density at radius 3 is 1.94 bits per heavy atom. The van der Waals surface area contributed by atoms with Crippen molar-refractivity contribution < 1.29 is 43.7 Å². The first-order valence-electron chi connectivity index (χ1n) is 15.7. The van der Waals surface area contributed by atoms with Gasteiger partial charge in [-0.1, -0.05) is 66.7 Å². The quantitative estimate of drug-likeness (QED) is 0.133. The number of hydrogen-bond acceptors (Lipinski definition) is 7. The first-order chi connectivity index (χ1) is 22.8. The molecule has 12 nitrogen and oxygen atoms in total. The van der Waals surface area contributed by atoms with Gasteiger partial charge in [-0.05, 0) is 68.9 Å². The highest BCUT2D eigenvalue weighted by Gasteiger charge is 2.29. The maximum absolute atomic E-state index is 13.7. The highest BCUT2D eigenvalue weighted by molar-refractivity contribution is 5.93. The fourth-order valence-corrected chi connectivity index (χ4v) is 4.80. The average Bonchev–Trinajstić information content (AvgIpc) is 3.03. The van der Waals surface area contributed by atoms with E-state index in [4.69, 9.17) is 14.6 Å². The minimum atomic E-state index is -1.36. The molecule has 3 aromatic rings. The molecule has 3 amide bonds. The van der Waals surface area contributed by atoms with Crippen LogP contribution in [0, 0.1) is 0 Å². The van der Waals surface area contributed by atoms with Gasteiger partial charge in [0.25, 0.3) is 0 Å². The van der Waals surface area contributed by atoms with Crippen molar-refractivity contribution in [1.82, 2.24) is 16.0 Å². The Kier molecular flexibility index (Phi) is 14.0. The van der Waals surface area contributed by atoms with E-state index in [-0.39, 0.29) is 24.2 Å². The third-order valence-electron chi connectivity index (χ3n) is 7.02. The number of aromatic carboxylic acids is 1. The number of hydrogen-bond donors (Lipinski definition) is 5. The normalized spacial score (nSPS) is 12.2. The van der Waals surface area contributed by atoms with Crippen molar-refractivity contribution in [2.45, 2.75) is 70.6 Å². The molecule has 0 bridgehead atoms. The zero-order chi connectivity index (χ0) is 35.1. The number of aliphatic carboxylic acids is 1. The van der Waals surface area contributed by atoms with Crippen LogP contribution in [0.4, 0.5) is 4.79 Å². The van der Waals surface area contributed by atoms with E-state index < -0.39 is 54.1 Å². The van der Waals surface area contributed by atoms with Gasteiger partial charge in [0.2, 0.25) is 11.8 Å². The zero-order valence-electron chi connectivity index (χ0n) is 27.4. The monoisotopic (exact) mass is 661 g/mol. The molecule has 0 fully saturated rings. The summed E-state index contributed by atoms with van der Waals surface area (Å²) < 4.78 is 10.5. The number of carboxylic acids is 2. The van der Waals surface area contributed by atoms with Gasteiger partial charge < -0.3 is 35.6 Å². The Balaban J connectivity index is 1.81. The molecule has 0 heterocycles. The summed E-state index contributed by atoms with van der Waals surface area (Å²) >= 11 is 0. The molecular formula is C36H43N3O9. The standard InChI is InChI=1S/C36H43N3O9/c1-36(2,3)48-35(46)39-29(21-25-15-8-5-9-16-25)33(43)38-28(32(42)37-19-11-10-14-24-12-6-4-7-13-24)22-26-17-18-30(47-23-31(40)41)27(20-26)34(44)45/h4-9,12-13,15-18,20,28-29H,10-11,14,19,21-23H2,1-3H3,(H,37,42)(H,38,43)(H,39,46)(H,40,41)(H,44,45)/t28-,29?/m0/s1. The van der Waals surface area contributed by atoms with Crippen LogP contribution in [0.3, 0.4) is 0 Å². The summed E-state index contributed by atoms with van der Waals surface area (Å²) in [6.45, 7) is 4.69. The Morgan fingerprint density at radius 2 is 1.33 bits per heavy atom. The van der Waals surface area contributed by atoms with E-state index in [2.05, 4.69) is 16.0 Å². The second kappa shape index (κ2) is 18.1. The lowest BCUT2D eigenvalue weighted by molar-refractivity contribution is -0.139. The van der Waals surface area contributed by atoms with Gasteiger partial charge in [-0.3, -0.25) is 9.59 Å². The minimum absolute atomic E-state index is 0.106. The summed E-state index contributed by atoms with van der Waals surface area (Å²) in [7, 11) is 0. The summed E-state index contributed by atoms with van der Waals surface area (Å²) in [5.41, 5.74) is 1.20. The number of ether oxygens (including phenoxy) is 2. The van der Waals surface area contributed by atoms with Crippen LogP contribution in [0.2, 0.25) is 0 Å². The lowest BCUT2D eigenvalue weighted by Crippen LogP contribution is -2.55. The fraction of sp³-hybridized carbons (Fsp3) is 0.361. The molecule has 12 heteroatoms. The number of benzene rings is 3. The number of unbranched alkanes of at least 4 members (excludes halogenated alkanes) is 1. The molecule has 5 N–H and O–H groups in total. The third kappa shape index (κ3) is 13.1. The number of nitrogens with one attached hydrogen (secondary N) is 3. The van der Waals surface area contributed by atoms with Gasteiger partial charge in [-0.15, -0.1) is 0 Å². The maximum atomic E-state index is 13.7. The van der Waals surface area contributed by atoms with Gasteiger partial charge in [-0.25, -0.2) is 14.4 Å². The van der Waals surface area contributed by atoms with E-state index in [0.717, 1.165) is 18.4 Å². The van der Waals surface area contributed by atoms with Crippen LogP contribution in [0.25, 0.3) is 0 Å². The van der Waals surface area contributed by atoms with E-state index in [1.807, 2.05) is 36.4 Å². The van der Waals surface area contributed by atoms with Crippen molar-refractivity contribution in [1.29, 1.82) is 0 Å². The zero-order valence-corrected chi connectivity index (χ0v) is 27.4. The second-order valence-corrected chi connectivity index (χ2v) is 12.2. The van der Waals surface area contributed by atoms with Crippen molar-refractivity contribution in [3.63, 3.8) is 0 Å². The fourth-order valence-electron chi connectivity index (χ4n) is 4.80. The van der Waals surface area contributed by atoms with Crippen molar-refractivity contribution >= 4 is 29.8 Å². The van der Waals surface area contributed by atoms with Gasteiger partial charge >= 0.3 is 18.0 Å². The van der Waals surface area contributed by atoms with Crippen LogP contribution in [-0.4, -0.2) is 70.9 Å². The molecule has 256 valence electrons. The lowest BCUT2D eigenvalue weighted by Gasteiger charge is -2.25. The largest absolute Gasteiger partial charge is 0.481 e. The number of alkyl carbamates (subject to hydrolysis) is 1. The molecule has 0 aliphatic heterocycles. The number of carboxylic acid groups (broad SMARTS) is 2. The minimum Gasteiger partial charge on any atom is -0.481 e. The predicted molar refractivity (Wildman–Crippen MR) is 178 cm³/mol. The van der Waals surface area contributed by atoms with E-state index in [1.54, 1.807) is 45.0 Å². The van der Waals surface area contributed by atoms with Crippen LogP contribution < -0.4 is 20.7 Å². The van der Waals surface area contributed by atoms with Gasteiger partial charge in [-0.2, -0.15) is 0 Å². The van der Waals surface area contributed by atoms with Crippen molar-refractivity contribution in [2.75, 3.05) is 13.2 Å². The van der Waals surface area contributed by atoms with Gasteiger partial charge in [0.1, 0.15) is 29.0 Å². The summed E-state index contributed by atoms with van der Waals surface area (Å²) in [6, 6.07) is 20.8. The predicted octanol–water partition coefficient (Wildman–Crippen LogP) is 4.15. The summed E-state index contributed by atoms with van der Waals surface area (Å²) in [5.74, 6) is -3.92. The molecule has 3 rings (SSSR count). The van der Waals surface area contributed by atoms with Crippen LogP contribution in [0.1, 0.15) is 60.7 Å². The van der Waals surface area contributed by atoms with Crippen LogP contribution in [-0.2, 0) is 38.4 Å². The SMILES string of the molecule is CC(C)(C)OC(=O)NC(Cc1ccccc1)C(=O)N[C@@H](Cc1ccc(OCC(=O)O)c(C(=O)O)c1)C(=O)NCCCCc1ccccc1. The molecule has 0 aliphatic rings. The Labute approximate surface area is 279 Å². The molecule has 1 unspecified atom stereocenters. The van der Waals surface area contributed by atoms with E-state index in [0.29, 0.717) is 18.5 Å². The van der Waals surface area contributed by atoms with Crippen LogP contribution in [0.5, 0.6) is 5.75 Å². The summed E-state index contributed by atoms with van der Waals surface area (Å²) in [5, 5.41) is 26.9. The lowest BCUT2D eigenvalue weighted by atomic mass is 10.0. The van der Waals surface area contributed by atoms with Gasteiger partial charge in [0.05, 0.1) is 0 Å². The number of rotatable bonds is 17. The molecule has 48 heavy (non-hydrogen) atoms. The number of amides is 3. The topological polar surface area (TPSA) is 180 Å². The first kappa shape index (κ1) is 37.1. The molecule has 0 aromatic heterocycles.